The summed E-state index contributed by atoms with van der Waals surface area (Å²) in [5, 5.41) is 14.2. The van der Waals surface area contributed by atoms with Gasteiger partial charge in [0.1, 0.15) is 24.4 Å². The second kappa shape index (κ2) is 30.9. The van der Waals surface area contributed by atoms with Gasteiger partial charge in [-0.2, -0.15) is 0 Å². The maximum Gasteiger partial charge on any atom is 0.306 e. The number of carbonyl (C=O) groups is 3. The molecule has 0 spiro atoms. The number of aryl methyl sites for hydroxylation is 4. The molecule has 0 bridgehead atoms. The van der Waals surface area contributed by atoms with E-state index in [2.05, 4.69) is 74.6 Å². The number of hydrogen-bond donors (Lipinski definition) is 2. The smallest absolute Gasteiger partial charge is 0.306 e. The lowest BCUT2D eigenvalue weighted by Gasteiger charge is -2.49. The van der Waals surface area contributed by atoms with Crippen LogP contribution in [0.2, 0.25) is 0 Å². The molecule has 2 aliphatic heterocycles. The maximum atomic E-state index is 13.9. The van der Waals surface area contributed by atoms with Crippen LogP contribution in [-0.2, 0) is 63.8 Å². The van der Waals surface area contributed by atoms with Gasteiger partial charge in [0.05, 0.1) is 13.0 Å². The number of aliphatic hydroxyl groups is 1. The van der Waals surface area contributed by atoms with Crippen LogP contribution < -0.4 is 5.32 Å². The number of aliphatic hydroxyl groups excluding tert-OH is 1. The van der Waals surface area contributed by atoms with Gasteiger partial charge < -0.3 is 34.1 Å². The van der Waals surface area contributed by atoms with Crippen LogP contribution in [-0.4, -0.2) is 72.1 Å². The number of rotatable bonds is 33. The second-order valence-electron chi connectivity index (χ2n) is 19.3. The van der Waals surface area contributed by atoms with Gasteiger partial charge >= 0.3 is 11.9 Å². The normalized spacial score (nSPS) is 20.7. The molecule has 1 amide bonds. The van der Waals surface area contributed by atoms with E-state index in [9.17, 15) is 19.5 Å². The number of fused-ring (bicyclic) bond motifs is 1. The molecule has 2 N–H and O–H groups in total. The molecule has 0 radical (unpaired) electrons. The molecule has 2 heterocycles. The fourth-order valence-corrected chi connectivity index (χ4v) is 9.03. The van der Waals surface area contributed by atoms with Gasteiger partial charge in [-0.05, 0) is 113 Å². The number of benzene rings is 2. The predicted molar refractivity (Wildman–Crippen MR) is 258 cm³/mol. The topological polar surface area (TPSA) is 130 Å². The van der Waals surface area contributed by atoms with Crippen LogP contribution in [0.4, 0.5) is 0 Å². The molecule has 10 heteroatoms. The van der Waals surface area contributed by atoms with Crippen molar-refractivity contribution in [2.45, 2.75) is 251 Å². The summed E-state index contributed by atoms with van der Waals surface area (Å²) in [6.07, 6.45) is 21.0. The Morgan fingerprint density at radius 3 is 1.60 bits per heavy atom. The average molecular weight is 906 g/mol. The Hall–Kier alpha value is -3.31. The zero-order chi connectivity index (χ0) is 46.7. The predicted octanol–water partition coefficient (Wildman–Crippen LogP) is 11.8. The van der Waals surface area contributed by atoms with Gasteiger partial charge in [-0.25, -0.2) is 0 Å². The summed E-state index contributed by atoms with van der Waals surface area (Å²) in [7, 11) is 0. The van der Waals surface area contributed by atoms with Gasteiger partial charge in [-0.1, -0.05) is 146 Å². The van der Waals surface area contributed by atoms with E-state index < -0.39 is 54.4 Å². The number of unbranched alkanes of at least 4 members (excludes halogenated alkanes) is 14. The summed E-state index contributed by atoms with van der Waals surface area (Å²) >= 11 is 0. The SMILES string of the molecule is CCCCCCCCCCC[C@@H](CC(=O)N[C@@H]1[C@@H](OC(=O)CCCCc2ccc(CCCCC)cc2)[C@@H]2OC(C)(C)OC[C@H]2O[C@H]1O)OC(=O)CCCCc1ccc(CCCCC)cc1. The van der Waals surface area contributed by atoms with Gasteiger partial charge in [0.15, 0.2) is 18.2 Å². The Kier molecular flexibility index (Phi) is 25.8. The van der Waals surface area contributed by atoms with Crippen molar-refractivity contribution in [1.29, 1.82) is 0 Å². The van der Waals surface area contributed by atoms with E-state index >= 15 is 0 Å². The Morgan fingerprint density at radius 2 is 1.09 bits per heavy atom. The van der Waals surface area contributed by atoms with Crippen molar-refractivity contribution in [3.8, 4) is 0 Å². The van der Waals surface area contributed by atoms with Crippen molar-refractivity contribution in [3.05, 3.63) is 70.8 Å². The molecule has 0 aliphatic carbocycles. The number of carbonyl (C=O) groups excluding carboxylic acids is 3. The molecule has 0 unspecified atom stereocenters. The molecule has 10 nitrogen and oxygen atoms in total. The maximum absolute atomic E-state index is 13.9. The van der Waals surface area contributed by atoms with E-state index in [0.717, 1.165) is 57.8 Å². The highest BCUT2D eigenvalue weighted by Gasteiger charge is 2.53. The molecule has 2 saturated heterocycles. The van der Waals surface area contributed by atoms with Crippen LogP contribution in [0.5, 0.6) is 0 Å². The van der Waals surface area contributed by atoms with Crippen LogP contribution >= 0.6 is 0 Å². The number of hydrogen-bond acceptors (Lipinski definition) is 9. The van der Waals surface area contributed by atoms with Gasteiger partial charge in [0.2, 0.25) is 5.91 Å². The third-order valence-electron chi connectivity index (χ3n) is 13.0. The van der Waals surface area contributed by atoms with Gasteiger partial charge in [-0.15, -0.1) is 0 Å². The zero-order valence-electron chi connectivity index (χ0n) is 41.1. The third-order valence-corrected chi connectivity index (χ3v) is 13.0. The minimum atomic E-state index is -1.48. The van der Waals surface area contributed by atoms with E-state index in [4.69, 9.17) is 23.7 Å². The molecule has 2 aromatic carbocycles. The minimum Gasteiger partial charge on any atom is -0.462 e. The van der Waals surface area contributed by atoms with Crippen molar-refractivity contribution < 1.29 is 43.2 Å². The van der Waals surface area contributed by atoms with E-state index in [-0.39, 0.29) is 31.8 Å². The summed E-state index contributed by atoms with van der Waals surface area (Å²) in [6.45, 7) is 10.3. The Labute approximate surface area is 393 Å². The highest BCUT2D eigenvalue weighted by atomic mass is 16.7. The van der Waals surface area contributed by atoms with Crippen molar-refractivity contribution in [2.24, 2.45) is 0 Å². The van der Waals surface area contributed by atoms with Crippen molar-refractivity contribution >= 4 is 17.8 Å². The lowest BCUT2D eigenvalue weighted by molar-refractivity contribution is -0.365. The Morgan fingerprint density at radius 1 is 0.646 bits per heavy atom. The van der Waals surface area contributed by atoms with Crippen LogP contribution in [0, 0.1) is 0 Å². The third kappa shape index (κ3) is 21.5. The van der Waals surface area contributed by atoms with Crippen molar-refractivity contribution in [2.75, 3.05) is 6.61 Å². The van der Waals surface area contributed by atoms with Crippen LogP contribution in [0.3, 0.4) is 0 Å². The molecule has 65 heavy (non-hydrogen) atoms. The van der Waals surface area contributed by atoms with E-state index in [0.29, 0.717) is 19.3 Å². The molecule has 0 aromatic heterocycles. The Bertz CT molecular complexity index is 1610. The lowest BCUT2D eigenvalue weighted by atomic mass is 9.94. The van der Waals surface area contributed by atoms with Gasteiger partial charge in [0.25, 0.3) is 0 Å². The zero-order valence-corrected chi connectivity index (χ0v) is 41.1. The summed E-state index contributed by atoms with van der Waals surface area (Å²) in [5.41, 5.74) is 5.24. The molecule has 366 valence electrons. The molecular formula is C55H87NO9. The van der Waals surface area contributed by atoms with E-state index in [1.807, 2.05) is 0 Å². The minimum absolute atomic E-state index is 0.0828. The molecule has 4 rings (SSSR count). The number of ether oxygens (including phenoxy) is 5. The first-order chi connectivity index (χ1) is 31.5. The number of esters is 2. The molecule has 2 aliphatic rings. The molecule has 0 saturated carbocycles. The van der Waals surface area contributed by atoms with E-state index in [1.165, 1.54) is 99.3 Å². The Balaban J connectivity index is 1.32. The van der Waals surface area contributed by atoms with Crippen LogP contribution in [0.25, 0.3) is 0 Å². The monoisotopic (exact) mass is 906 g/mol. The molecule has 2 aromatic rings. The summed E-state index contributed by atoms with van der Waals surface area (Å²) in [4.78, 5) is 40.6. The molecular weight excluding hydrogens is 819 g/mol. The fourth-order valence-electron chi connectivity index (χ4n) is 9.03. The van der Waals surface area contributed by atoms with Crippen LogP contribution in [0.1, 0.15) is 205 Å². The number of amides is 1. The standard InChI is InChI=1S/C55H87NO9/c1-6-9-12-13-14-15-16-17-20-29-46(62-49(58)30-23-21-27-44-36-32-42(33-37-44)25-18-10-7-2)40-48(57)56-51-53(52-47(63-54(51)60)41-61-55(4,5)65-52)64-50(59)31-24-22-28-45-38-34-43(35-39-45)26-19-11-8-3/h32-39,46-47,51-54,60H,6-31,40-41H2,1-5H3,(H,56,57)/t46-,47+,51+,52+,53+,54+/m0/s1. The highest BCUT2D eigenvalue weighted by Crippen LogP contribution is 2.34. The fraction of sp³-hybridized carbons (Fsp3) is 0.727. The summed E-state index contributed by atoms with van der Waals surface area (Å²) in [6, 6.07) is 16.5. The first kappa shape index (κ1) is 54.3. The van der Waals surface area contributed by atoms with Gasteiger partial charge in [-0.3, -0.25) is 14.4 Å². The highest BCUT2D eigenvalue weighted by molar-refractivity contribution is 5.78. The lowest BCUT2D eigenvalue weighted by Crippen LogP contribution is -2.69. The van der Waals surface area contributed by atoms with Gasteiger partial charge in [0, 0.05) is 12.8 Å². The van der Waals surface area contributed by atoms with Crippen LogP contribution in [0.15, 0.2) is 48.5 Å². The second-order valence-corrected chi connectivity index (χ2v) is 19.3. The summed E-state index contributed by atoms with van der Waals surface area (Å²) in [5.74, 6) is -2.16. The largest absolute Gasteiger partial charge is 0.462 e. The first-order valence-electron chi connectivity index (χ1n) is 26.0. The van der Waals surface area contributed by atoms with E-state index in [1.54, 1.807) is 13.8 Å². The number of nitrogens with one attached hydrogen (secondary N) is 1. The molecule has 6 atom stereocenters. The first-order valence-corrected chi connectivity index (χ1v) is 26.0. The quantitative estimate of drug-likeness (QED) is 0.0531. The molecule has 2 fully saturated rings. The summed E-state index contributed by atoms with van der Waals surface area (Å²) < 4.78 is 30.1. The van der Waals surface area contributed by atoms with Crippen molar-refractivity contribution in [3.63, 3.8) is 0 Å². The van der Waals surface area contributed by atoms with Crippen molar-refractivity contribution in [1.82, 2.24) is 5.32 Å². The average Bonchev–Trinajstić information content (AvgIpc) is 3.28.